The van der Waals surface area contributed by atoms with Gasteiger partial charge in [0.15, 0.2) is 0 Å². The maximum absolute atomic E-state index is 13.1. The number of hydrogen-bond donors (Lipinski definition) is 1. The minimum Gasteiger partial charge on any atom is -0.490 e. The van der Waals surface area contributed by atoms with E-state index in [0.717, 1.165) is 30.7 Å². The van der Waals surface area contributed by atoms with Gasteiger partial charge in [0.2, 0.25) is 15.9 Å². The highest BCUT2D eigenvalue weighted by atomic mass is 32.2. The summed E-state index contributed by atoms with van der Waals surface area (Å²) in [5.41, 5.74) is 0.655. The average molecular weight is 447 g/mol. The van der Waals surface area contributed by atoms with Crippen LogP contribution in [0.15, 0.2) is 53.4 Å². The molecular formula is C23H27FN2O4S. The van der Waals surface area contributed by atoms with E-state index in [-0.39, 0.29) is 23.5 Å². The van der Waals surface area contributed by atoms with E-state index in [1.807, 2.05) is 12.1 Å². The van der Waals surface area contributed by atoms with E-state index >= 15 is 0 Å². The molecule has 0 spiro atoms. The highest BCUT2D eigenvalue weighted by molar-refractivity contribution is 7.89. The van der Waals surface area contributed by atoms with E-state index in [4.69, 9.17) is 4.74 Å². The summed E-state index contributed by atoms with van der Waals surface area (Å²) in [6.45, 7) is 0.450. The second kappa shape index (κ2) is 9.36. The highest BCUT2D eigenvalue weighted by Crippen LogP contribution is 2.27. The zero-order valence-corrected chi connectivity index (χ0v) is 18.1. The van der Waals surface area contributed by atoms with Crippen LogP contribution in [0.2, 0.25) is 0 Å². The lowest BCUT2D eigenvalue weighted by Gasteiger charge is -2.31. The molecule has 2 aliphatic rings. The first-order chi connectivity index (χ1) is 14.9. The summed E-state index contributed by atoms with van der Waals surface area (Å²) in [6.07, 6.45) is 6.05. The predicted octanol–water partition coefficient (Wildman–Crippen LogP) is 4.19. The number of nitrogens with zero attached hydrogens (tertiary/aromatic N) is 1. The van der Waals surface area contributed by atoms with Gasteiger partial charge in [0, 0.05) is 18.8 Å². The van der Waals surface area contributed by atoms with Crippen molar-refractivity contribution in [2.24, 2.45) is 5.92 Å². The Morgan fingerprint density at radius 2 is 1.65 bits per heavy atom. The Labute approximate surface area is 182 Å². The minimum atomic E-state index is -3.77. The molecule has 1 heterocycles. The number of rotatable bonds is 6. The molecule has 2 fully saturated rings. The van der Waals surface area contributed by atoms with Crippen molar-refractivity contribution in [2.75, 3.05) is 18.4 Å². The maximum Gasteiger partial charge on any atom is 0.243 e. The molecule has 0 radical (unpaired) electrons. The summed E-state index contributed by atoms with van der Waals surface area (Å²) < 4.78 is 46.1. The van der Waals surface area contributed by atoms with Crippen LogP contribution in [-0.2, 0) is 14.8 Å². The average Bonchev–Trinajstić information content (AvgIpc) is 3.28. The van der Waals surface area contributed by atoms with Crippen molar-refractivity contribution in [1.82, 2.24) is 4.31 Å². The molecule has 1 aliphatic carbocycles. The molecule has 1 atom stereocenters. The molecule has 1 saturated heterocycles. The topological polar surface area (TPSA) is 75.7 Å². The van der Waals surface area contributed by atoms with Gasteiger partial charge in [0.25, 0.3) is 0 Å². The van der Waals surface area contributed by atoms with Crippen LogP contribution in [-0.4, -0.2) is 37.8 Å². The van der Waals surface area contributed by atoms with Crippen LogP contribution in [0.4, 0.5) is 10.1 Å². The molecular weight excluding hydrogens is 419 g/mol. The molecule has 1 amide bonds. The van der Waals surface area contributed by atoms with Crippen molar-refractivity contribution in [3.05, 3.63) is 54.3 Å². The first-order valence-corrected chi connectivity index (χ1v) is 12.2. The number of ether oxygens (including phenoxy) is 1. The molecule has 0 aromatic heterocycles. The molecule has 0 unspecified atom stereocenters. The van der Waals surface area contributed by atoms with Crippen LogP contribution < -0.4 is 10.1 Å². The van der Waals surface area contributed by atoms with Gasteiger partial charge in [0.1, 0.15) is 11.6 Å². The van der Waals surface area contributed by atoms with Gasteiger partial charge in [-0.25, -0.2) is 12.8 Å². The fourth-order valence-electron chi connectivity index (χ4n) is 4.19. The number of sulfonamides is 1. The minimum absolute atomic E-state index is 0.0350. The number of carbonyl (C=O) groups excluding carboxylic acids is 1. The van der Waals surface area contributed by atoms with Gasteiger partial charge in [0.05, 0.1) is 16.9 Å². The molecule has 1 aliphatic heterocycles. The number of carbonyl (C=O) groups is 1. The van der Waals surface area contributed by atoms with Crippen molar-refractivity contribution in [3.63, 3.8) is 0 Å². The van der Waals surface area contributed by atoms with Gasteiger partial charge in [-0.3, -0.25) is 4.79 Å². The fraction of sp³-hybridized carbons (Fsp3) is 0.435. The number of hydrogen-bond acceptors (Lipinski definition) is 4. The third-order valence-corrected chi connectivity index (χ3v) is 7.81. The highest BCUT2D eigenvalue weighted by Gasteiger charge is 2.33. The molecule has 2 aromatic carbocycles. The summed E-state index contributed by atoms with van der Waals surface area (Å²) >= 11 is 0. The van der Waals surface area contributed by atoms with Crippen molar-refractivity contribution in [1.29, 1.82) is 0 Å². The molecule has 1 N–H and O–H groups in total. The molecule has 1 saturated carbocycles. The Bertz CT molecular complexity index is 1000. The monoisotopic (exact) mass is 446 g/mol. The molecule has 166 valence electrons. The third kappa shape index (κ3) is 5.25. The maximum atomic E-state index is 13.1. The summed E-state index contributed by atoms with van der Waals surface area (Å²) in [4.78, 5) is 12.8. The van der Waals surface area contributed by atoms with E-state index in [2.05, 4.69) is 5.32 Å². The van der Waals surface area contributed by atoms with Crippen molar-refractivity contribution in [3.8, 4) is 5.75 Å². The zero-order chi connectivity index (χ0) is 21.8. The Hall–Kier alpha value is -2.45. The van der Waals surface area contributed by atoms with Crippen molar-refractivity contribution < 1.29 is 22.3 Å². The van der Waals surface area contributed by atoms with Crippen molar-refractivity contribution in [2.45, 2.75) is 49.5 Å². The Balaban J connectivity index is 1.36. The number of anilines is 1. The Kier molecular flexibility index (Phi) is 6.57. The molecule has 31 heavy (non-hydrogen) atoms. The summed E-state index contributed by atoms with van der Waals surface area (Å²) in [6, 6.07) is 12.1. The first kappa shape index (κ1) is 21.8. The molecule has 6 nitrogen and oxygen atoms in total. The van der Waals surface area contributed by atoms with Crippen molar-refractivity contribution >= 4 is 21.6 Å². The second-order valence-corrected chi connectivity index (χ2v) is 10.1. The smallest absolute Gasteiger partial charge is 0.243 e. The quantitative estimate of drug-likeness (QED) is 0.722. The zero-order valence-electron chi connectivity index (χ0n) is 17.3. The Morgan fingerprint density at radius 1 is 0.968 bits per heavy atom. The molecule has 0 bridgehead atoms. The van der Waals surface area contributed by atoms with E-state index in [9.17, 15) is 17.6 Å². The second-order valence-electron chi connectivity index (χ2n) is 8.19. The predicted molar refractivity (Wildman–Crippen MR) is 116 cm³/mol. The van der Waals surface area contributed by atoms with Gasteiger partial charge in [-0.2, -0.15) is 4.31 Å². The fourth-order valence-corrected chi connectivity index (χ4v) is 5.71. The van der Waals surface area contributed by atoms with E-state index in [1.54, 1.807) is 12.1 Å². The number of amides is 1. The standard InChI is InChI=1S/C23H27FN2O4S/c24-18-7-13-22(14-8-18)31(28,29)26-15-3-4-17(16-26)23(27)25-19-9-11-21(12-10-19)30-20-5-1-2-6-20/h7-14,17,20H,1-6,15-16H2,(H,25,27)/t17-/m0/s1. The van der Waals surface area contributed by atoms with E-state index in [1.165, 1.54) is 29.3 Å². The number of benzene rings is 2. The lowest BCUT2D eigenvalue weighted by Crippen LogP contribution is -2.43. The normalized spacial score (nSPS) is 20.5. The van der Waals surface area contributed by atoms with Gasteiger partial charge in [-0.05, 0) is 87.1 Å². The van der Waals surface area contributed by atoms with Gasteiger partial charge >= 0.3 is 0 Å². The summed E-state index contributed by atoms with van der Waals surface area (Å²) in [5, 5.41) is 2.89. The number of halogens is 1. The van der Waals surface area contributed by atoms with Crippen LogP contribution in [0.3, 0.4) is 0 Å². The van der Waals surface area contributed by atoms with Gasteiger partial charge in [-0.1, -0.05) is 0 Å². The van der Waals surface area contributed by atoms with Crippen LogP contribution in [0.5, 0.6) is 5.75 Å². The van der Waals surface area contributed by atoms with E-state index in [0.29, 0.717) is 25.1 Å². The lowest BCUT2D eigenvalue weighted by atomic mass is 9.99. The summed E-state index contributed by atoms with van der Waals surface area (Å²) in [5.74, 6) is -0.351. The molecule has 4 rings (SSSR count). The van der Waals surface area contributed by atoms with Gasteiger partial charge in [-0.15, -0.1) is 0 Å². The SMILES string of the molecule is O=C(Nc1ccc(OC2CCCC2)cc1)[C@H]1CCCN(S(=O)(=O)c2ccc(F)cc2)C1. The number of nitrogens with one attached hydrogen (secondary N) is 1. The Morgan fingerprint density at radius 3 is 2.32 bits per heavy atom. The van der Waals surface area contributed by atoms with Crippen LogP contribution in [0.1, 0.15) is 38.5 Å². The van der Waals surface area contributed by atoms with Gasteiger partial charge < -0.3 is 10.1 Å². The number of piperidine rings is 1. The lowest BCUT2D eigenvalue weighted by molar-refractivity contribution is -0.120. The molecule has 8 heteroatoms. The summed E-state index contributed by atoms with van der Waals surface area (Å²) in [7, 11) is -3.77. The van der Waals surface area contributed by atoms with Crippen LogP contribution in [0.25, 0.3) is 0 Å². The van der Waals surface area contributed by atoms with Crippen LogP contribution in [0, 0.1) is 11.7 Å². The van der Waals surface area contributed by atoms with Crippen LogP contribution >= 0.6 is 0 Å². The largest absolute Gasteiger partial charge is 0.490 e. The molecule has 2 aromatic rings. The first-order valence-electron chi connectivity index (χ1n) is 10.7. The van der Waals surface area contributed by atoms with E-state index < -0.39 is 21.8 Å². The third-order valence-electron chi connectivity index (χ3n) is 5.93.